The number of para-hydroxylation sites is 2. The first-order valence-electron chi connectivity index (χ1n) is 15.9. The molecule has 0 aliphatic carbocycles. The molecule has 0 amide bonds. The maximum atomic E-state index is 6.35. The van der Waals surface area contributed by atoms with Gasteiger partial charge in [0, 0.05) is 16.3 Å². The molecule has 1 heterocycles. The second kappa shape index (κ2) is 9.54. The number of rotatable bonds is 3. The van der Waals surface area contributed by atoms with Crippen LogP contribution in [-0.2, 0) is 0 Å². The van der Waals surface area contributed by atoms with Crippen LogP contribution in [0.5, 0.6) is 0 Å². The first-order valence-corrected chi connectivity index (χ1v) is 15.9. The van der Waals surface area contributed by atoms with Crippen LogP contribution in [0.15, 0.2) is 156 Å². The van der Waals surface area contributed by atoms with Crippen LogP contribution in [0.1, 0.15) is 5.56 Å². The molecular weight excluding hydrogens is 556 g/mol. The predicted octanol–water partition coefficient (Wildman–Crippen LogP) is 12.9. The molecule has 0 aliphatic heterocycles. The quantitative estimate of drug-likeness (QED) is 0.188. The van der Waals surface area contributed by atoms with Crippen LogP contribution < -0.4 is 0 Å². The van der Waals surface area contributed by atoms with Crippen LogP contribution in [0.2, 0.25) is 0 Å². The minimum Gasteiger partial charge on any atom is -0.455 e. The molecular formula is C45H28O. The fraction of sp³-hybridized carbons (Fsp3) is 0.0222. The van der Waals surface area contributed by atoms with Gasteiger partial charge >= 0.3 is 0 Å². The Labute approximate surface area is 266 Å². The van der Waals surface area contributed by atoms with E-state index in [4.69, 9.17) is 4.42 Å². The molecule has 0 radical (unpaired) electrons. The van der Waals surface area contributed by atoms with Crippen molar-refractivity contribution in [3.05, 3.63) is 157 Å². The molecule has 9 aromatic carbocycles. The first-order chi connectivity index (χ1) is 22.7. The highest BCUT2D eigenvalue weighted by Crippen LogP contribution is 2.43. The van der Waals surface area contributed by atoms with Crippen LogP contribution in [0.3, 0.4) is 0 Å². The summed E-state index contributed by atoms with van der Waals surface area (Å²) >= 11 is 0. The lowest BCUT2D eigenvalue weighted by Gasteiger charge is -2.17. The molecule has 0 spiro atoms. The largest absolute Gasteiger partial charge is 0.455 e. The highest BCUT2D eigenvalue weighted by atomic mass is 16.3. The van der Waals surface area contributed by atoms with Crippen molar-refractivity contribution >= 4 is 65.0 Å². The summed E-state index contributed by atoms with van der Waals surface area (Å²) in [5.74, 6) is 0. The molecule has 0 atom stereocenters. The fourth-order valence-electron chi connectivity index (χ4n) is 7.59. The third-order valence-electron chi connectivity index (χ3n) is 9.89. The van der Waals surface area contributed by atoms with Crippen molar-refractivity contribution in [2.24, 2.45) is 0 Å². The minimum absolute atomic E-state index is 0.926. The molecule has 0 aliphatic rings. The Morgan fingerprint density at radius 2 is 0.913 bits per heavy atom. The molecule has 0 fully saturated rings. The Morgan fingerprint density at radius 1 is 0.370 bits per heavy atom. The van der Waals surface area contributed by atoms with Crippen LogP contribution in [-0.4, -0.2) is 0 Å². The van der Waals surface area contributed by atoms with Crippen molar-refractivity contribution in [3.63, 3.8) is 0 Å². The third kappa shape index (κ3) is 3.69. The maximum absolute atomic E-state index is 6.35. The summed E-state index contributed by atoms with van der Waals surface area (Å²) in [4.78, 5) is 0. The van der Waals surface area contributed by atoms with E-state index in [1.807, 2.05) is 12.1 Å². The lowest BCUT2D eigenvalue weighted by molar-refractivity contribution is 0.670. The topological polar surface area (TPSA) is 13.1 Å². The molecule has 214 valence electrons. The van der Waals surface area contributed by atoms with E-state index in [9.17, 15) is 0 Å². The second-order valence-electron chi connectivity index (χ2n) is 12.6. The number of benzene rings is 9. The van der Waals surface area contributed by atoms with E-state index >= 15 is 0 Å². The smallest absolute Gasteiger partial charge is 0.143 e. The zero-order valence-corrected chi connectivity index (χ0v) is 25.3. The highest BCUT2D eigenvalue weighted by molar-refractivity contribution is 6.27. The Kier molecular flexibility index (Phi) is 5.27. The Balaban J connectivity index is 1.12. The van der Waals surface area contributed by atoms with Gasteiger partial charge in [-0.05, 0) is 96.0 Å². The van der Waals surface area contributed by atoms with Gasteiger partial charge in [-0.25, -0.2) is 0 Å². The summed E-state index contributed by atoms with van der Waals surface area (Å²) in [6.45, 7) is 2.14. The van der Waals surface area contributed by atoms with Crippen molar-refractivity contribution in [2.75, 3.05) is 0 Å². The Bertz CT molecular complexity index is 2800. The minimum atomic E-state index is 0.926. The average Bonchev–Trinajstić information content (AvgIpc) is 3.49. The van der Waals surface area contributed by atoms with Crippen LogP contribution >= 0.6 is 0 Å². The van der Waals surface area contributed by atoms with E-state index in [0.29, 0.717) is 0 Å². The van der Waals surface area contributed by atoms with Crippen molar-refractivity contribution < 1.29 is 4.42 Å². The second-order valence-corrected chi connectivity index (χ2v) is 12.6. The Hall–Kier alpha value is -5.92. The number of fused-ring (bicyclic) bond motifs is 4. The Morgan fingerprint density at radius 3 is 1.61 bits per heavy atom. The summed E-state index contributed by atoms with van der Waals surface area (Å²) in [6, 6.07) is 55.6. The van der Waals surface area contributed by atoms with Gasteiger partial charge in [0.2, 0.25) is 0 Å². The lowest BCUT2D eigenvalue weighted by atomic mass is 9.87. The van der Waals surface area contributed by atoms with Gasteiger partial charge in [0.1, 0.15) is 11.2 Å². The maximum Gasteiger partial charge on any atom is 0.143 e. The number of furan rings is 1. The first kappa shape index (κ1) is 25.4. The van der Waals surface area contributed by atoms with Crippen molar-refractivity contribution in [1.29, 1.82) is 0 Å². The van der Waals surface area contributed by atoms with E-state index < -0.39 is 0 Å². The molecule has 1 nitrogen and oxygen atoms in total. The summed E-state index contributed by atoms with van der Waals surface area (Å²) in [7, 11) is 0. The molecule has 1 heteroatoms. The number of hydrogen-bond acceptors (Lipinski definition) is 1. The molecule has 1 aromatic heterocycles. The van der Waals surface area contributed by atoms with Crippen LogP contribution in [0.25, 0.3) is 98.4 Å². The van der Waals surface area contributed by atoms with E-state index in [2.05, 4.69) is 146 Å². The average molecular weight is 585 g/mol. The summed E-state index contributed by atoms with van der Waals surface area (Å²) in [6.07, 6.45) is 0. The normalized spacial score (nSPS) is 12.0. The van der Waals surface area contributed by atoms with Gasteiger partial charge in [-0.1, -0.05) is 139 Å². The molecule has 0 N–H and O–H groups in total. The predicted molar refractivity (Wildman–Crippen MR) is 196 cm³/mol. The van der Waals surface area contributed by atoms with Gasteiger partial charge < -0.3 is 4.42 Å². The van der Waals surface area contributed by atoms with Gasteiger partial charge in [-0.15, -0.1) is 0 Å². The zero-order chi connectivity index (χ0) is 30.4. The van der Waals surface area contributed by atoms with E-state index in [1.165, 1.54) is 70.9 Å². The molecule has 10 rings (SSSR count). The molecule has 0 saturated heterocycles. The van der Waals surface area contributed by atoms with Gasteiger partial charge in [-0.2, -0.15) is 0 Å². The SMILES string of the molecule is Cc1ccc(-c2ccc3ccc4c(-c5ccc6cc(-c7cccc8c7oc7ccccc78)ccc6c5)ccc5ccc2c3c54)cc1. The zero-order valence-electron chi connectivity index (χ0n) is 25.3. The van der Waals surface area contributed by atoms with Crippen LogP contribution in [0, 0.1) is 6.92 Å². The molecule has 0 saturated carbocycles. The van der Waals surface area contributed by atoms with Gasteiger partial charge in [0.05, 0.1) is 0 Å². The highest BCUT2D eigenvalue weighted by Gasteiger charge is 2.16. The molecule has 46 heavy (non-hydrogen) atoms. The molecule has 10 aromatic rings. The van der Waals surface area contributed by atoms with Crippen molar-refractivity contribution in [1.82, 2.24) is 0 Å². The van der Waals surface area contributed by atoms with E-state index in [1.54, 1.807) is 0 Å². The molecule has 0 unspecified atom stereocenters. The summed E-state index contributed by atoms with van der Waals surface area (Å²) in [5, 5.41) is 12.6. The number of aryl methyl sites for hydroxylation is 1. The summed E-state index contributed by atoms with van der Waals surface area (Å²) in [5.41, 5.74) is 10.5. The third-order valence-corrected chi connectivity index (χ3v) is 9.89. The van der Waals surface area contributed by atoms with Crippen LogP contribution in [0.4, 0.5) is 0 Å². The van der Waals surface area contributed by atoms with Crippen molar-refractivity contribution in [2.45, 2.75) is 6.92 Å². The monoisotopic (exact) mass is 584 g/mol. The molecule has 0 bridgehead atoms. The van der Waals surface area contributed by atoms with Gasteiger partial charge in [0.25, 0.3) is 0 Å². The van der Waals surface area contributed by atoms with E-state index in [-0.39, 0.29) is 0 Å². The lowest BCUT2D eigenvalue weighted by Crippen LogP contribution is -1.89. The van der Waals surface area contributed by atoms with Gasteiger partial charge in [0.15, 0.2) is 0 Å². The van der Waals surface area contributed by atoms with E-state index in [0.717, 1.165) is 33.1 Å². The van der Waals surface area contributed by atoms with Crippen molar-refractivity contribution in [3.8, 4) is 33.4 Å². The standard InChI is InChI=1S/C45H28O/c1-27-9-11-28(12-10-27)35-21-17-29-20-24-40-36(22-18-30-19-23-39(35)43(29)44(30)40)33-15-13-32-26-34(16-14-31(32)25-33)37-6-4-7-41-38-5-2-3-8-42(38)46-45(37)41/h2-26H,1H3. The number of hydrogen-bond donors (Lipinski definition) is 0. The summed E-state index contributed by atoms with van der Waals surface area (Å²) < 4.78 is 6.35. The fourth-order valence-corrected chi connectivity index (χ4v) is 7.59. The van der Waals surface area contributed by atoms with Gasteiger partial charge in [-0.3, -0.25) is 0 Å².